The number of carbonyl (C=O) groups is 1. The molecule has 0 bridgehead atoms. The van der Waals surface area contributed by atoms with E-state index in [4.69, 9.17) is 11.6 Å². The van der Waals surface area contributed by atoms with Crippen LogP contribution in [-0.4, -0.2) is 47.2 Å². The van der Waals surface area contributed by atoms with E-state index in [1.807, 2.05) is 0 Å². The highest BCUT2D eigenvalue weighted by Crippen LogP contribution is 2.34. The van der Waals surface area contributed by atoms with Gasteiger partial charge >= 0.3 is 6.18 Å². The number of hydrogen-bond donors (Lipinski definition) is 0. The highest BCUT2D eigenvalue weighted by molar-refractivity contribution is 7.15. The lowest BCUT2D eigenvalue weighted by Gasteiger charge is -2.34. The standard InChI is InChI=1S/C14H11ClF4N4OS/c15-9-5-8(6-10(16)7-9)11(24)22-1-3-23(4-2-22)13-21-20-12(25-13)14(17,18)19/h5-7H,1-4H2. The van der Waals surface area contributed by atoms with Crippen LogP contribution in [0, 0.1) is 5.82 Å². The second-order valence-corrected chi connectivity index (χ2v) is 6.72. The van der Waals surface area contributed by atoms with E-state index in [1.165, 1.54) is 11.0 Å². The van der Waals surface area contributed by atoms with E-state index in [9.17, 15) is 22.4 Å². The third-order valence-electron chi connectivity index (χ3n) is 3.60. The third kappa shape index (κ3) is 4.01. The Morgan fingerprint density at radius 2 is 1.80 bits per heavy atom. The zero-order chi connectivity index (χ0) is 18.2. The number of rotatable bonds is 2. The maximum atomic E-state index is 13.4. The van der Waals surface area contributed by atoms with Crippen molar-refractivity contribution in [3.63, 3.8) is 0 Å². The normalized spacial score (nSPS) is 15.6. The summed E-state index contributed by atoms with van der Waals surface area (Å²) in [5.41, 5.74) is 0.133. The summed E-state index contributed by atoms with van der Waals surface area (Å²) in [6, 6.07) is 3.57. The van der Waals surface area contributed by atoms with Gasteiger partial charge in [-0.05, 0) is 18.2 Å². The van der Waals surface area contributed by atoms with Crippen molar-refractivity contribution in [2.45, 2.75) is 6.18 Å². The minimum Gasteiger partial charge on any atom is -0.343 e. The summed E-state index contributed by atoms with van der Waals surface area (Å²) >= 11 is 6.22. The van der Waals surface area contributed by atoms with E-state index in [1.54, 1.807) is 4.90 Å². The Morgan fingerprint density at radius 1 is 1.12 bits per heavy atom. The molecule has 25 heavy (non-hydrogen) atoms. The summed E-state index contributed by atoms with van der Waals surface area (Å²) in [5.74, 6) is -0.989. The number of nitrogens with zero attached hydrogens (tertiary/aromatic N) is 4. The van der Waals surface area contributed by atoms with Crippen LogP contribution in [0.3, 0.4) is 0 Å². The van der Waals surface area contributed by atoms with E-state index >= 15 is 0 Å². The highest BCUT2D eigenvalue weighted by atomic mass is 35.5. The van der Waals surface area contributed by atoms with Crippen molar-refractivity contribution < 1.29 is 22.4 Å². The van der Waals surface area contributed by atoms with Crippen LogP contribution in [0.2, 0.25) is 5.02 Å². The molecule has 0 spiro atoms. The predicted octanol–water partition coefficient (Wildman–Crippen LogP) is 3.31. The Labute approximate surface area is 148 Å². The minimum atomic E-state index is -4.52. The van der Waals surface area contributed by atoms with E-state index in [2.05, 4.69) is 10.2 Å². The Morgan fingerprint density at radius 3 is 2.36 bits per heavy atom. The Kier molecular flexibility index (Phi) is 4.83. The zero-order valence-corrected chi connectivity index (χ0v) is 14.1. The number of carbonyl (C=O) groups excluding carboxylic acids is 1. The fourth-order valence-electron chi connectivity index (χ4n) is 2.42. The van der Waals surface area contributed by atoms with Gasteiger partial charge in [0.1, 0.15) is 5.82 Å². The Balaban J connectivity index is 1.65. The lowest BCUT2D eigenvalue weighted by Crippen LogP contribution is -2.48. The second-order valence-electron chi connectivity index (χ2n) is 5.32. The van der Waals surface area contributed by atoms with Gasteiger partial charge < -0.3 is 9.80 Å². The van der Waals surface area contributed by atoms with Crippen molar-refractivity contribution in [2.24, 2.45) is 0 Å². The maximum Gasteiger partial charge on any atom is 0.445 e. The predicted molar refractivity (Wildman–Crippen MR) is 84.4 cm³/mol. The number of hydrogen-bond acceptors (Lipinski definition) is 5. The number of aromatic nitrogens is 2. The quantitative estimate of drug-likeness (QED) is 0.733. The van der Waals surface area contributed by atoms with Crippen molar-refractivity contribution in [2.75, 3.05) is 31.1 Å². The molecule has 11 heteroatoms. The fraction of sp³-hybridized carbons (Fsp3) is 0.357. The van der Waals surface area contributed by atoms with Crippen LogP contribution in [0.25, 0.3) is 0 Å². The number of halogens is 5. The van der Waals surface area contributed by atoms with Crippen LogP contribution in [0.5, 0.6) is 0 Å². The largest absolute Gasteiger partial charge is 0.445 e. The summed E-state index contributed by atoms with van der Waals surface area (Å²) in [7, 11) is 0. The van der Waals surface area contributed by atoms with E-state index < -0.39 is 17.0 Å². The molecule has 1 aromatic heterocycles. The summed E-state index contributed by atoms with van der Waals surface area (Å²) in [6.07, 6.45) is -4.52. The molecule has 2 heterocycles. The van der Waals surface area contributed by atoms with Gasteiger partial charge in [0, 0.05) is 36.8 Å². The number of alkyl halides is 3. The molecule has 0 atom stereocenters. The van der Waals surface area contributed by atoms with Crippen LogP contribution in [-0.2, 0) is 6.18 Å². The Hall–Kier alpha value is -1.94. The summed E-state index contributed by atoms with van der Waals surface area (Å²) in [6.45, 7) is 1.16. The van der Waals surface area contributed by atoms with Gasteiger partial charge in [0.05, 0.1) is 0 Å². The minimum absolute atomic E-state index is 0.121. The topological polar surface area (TPSA) is 49.3 Å². The van der Waals surface area contributed by atoms with Gasteiger partial charge in [0.25, 0.3) is 5.91 Å². The van der Waals surface area contributed by atoms with Crippen LogP contribution < -0.4 is 4.90 Å². The molecule has 2 aromatic rings. The number of amides is 1. The van der Waals surface area contributed by atoms with Crippen molar-refractivity contribution >= 4 is 34.0 Å². The first kappa shape index (κ1) is 17.9. The number of benzene rings is 1. The number of piperazine rings is 1. The molecule has 1 aliphatic heterocycles. The van der Waals surface area contributed by atoms with E-state index in [0.717, 1.165) is 12.1 Å². The fourth-order valence-corrected chi connectivity index (χ4v) is 3.40. The molecular formula is C14H11ClF4N4OS. The van der Waals surface area contributed by atoms with Gasteiger partial charge in [-0.1, -0.05) is 22.9 Å². The van der Waals surface area contributed by atoms with Gasteiger partial charge in [-0.15, -0.1) is 10.2 Å². The van der Waals surface area contributed by atoms with Gasteiger partial charge in [-0.3, -0.25) is 4.79 Å². The average molecular weight is 395 g/mol. The maximum absolute atomic E-state index is 13.4. The van der Waals surface area contributed by atoms with Crippen LogP contribution in [0.15, 0.2) is 18.2 Å². The molecule has 3 rings (SSSR count). The van der Waals surface area contributed by atoms with Crippen LogP contribution >= 0.6 is 22.9 Å². The van der Waals surface area contributed by atoms with Crippen LogP contribution in [0.1, 0.15) is 15.4 Å². The van der Waals surface area contributed by atoms with Crippen molar-refractivity contribution in [3.05, 3.63) is 39.6 Å². The molecule has 0 aliphatic carbocycles. The second kappa shape index (κ2) is 6.75. The SMILES string of the molecule is O=C(c1cc(F)cc(Cl)c1)N1CCN(c2nnc(C(F)(F)F)s2)CC1. The molecule has 0 unspecified atom stereocenters. The smallest absolute Gasteiger partial charge is 0.343 e. The highest BCUT2D eigenvalue weighted by Gasteiger charge is 2.36. The van der Waals surface area contributed by atoms with Crippen molar-refractivity contribution in [1.82, 2.24) is 15.1 Å². The molecule has 0 saturated carbocycles. The molecule has 1 aliphatic rings. The van der Waals surface area contributed by atoms with Gasteiger partial charge in [0.2, 0.25) is 10.1 Å². The van der Waals surface area contributed by atoms with E-state index in [-0.39, 0.29) is 34.7 Å². The molecule has 0 radical (unpaired) electrons. The lowest BCUT2D eigenvalue weighted by atomic mass is 10.1. The molecule has 1 amide bonds. The summed E-state index contributed by atoms with van der Waals surface area (Å²) < 4.78 is 51.1. The van der Waals surface area contributed by atoms with Gasteiger partial charge in [-0.2, -0.15) is 13.2 Å². The first-order valence-corrected chi connectivity index (χ1v) is 8.34. The van der Waals surface area contributed by atoms with Crippen molar-refractivity contribution in [3.8, 4) is 0 Å². The molecule has 1 saturated heterocycles. The first-order valence-electron chi connectivity index (χ1n) is 7.15. The summed E-state index contributed by atoms with van der Waals surface area (Å²) in [4.78, 5) is 15.5. The Bertz CT molecular complexity index is 769. The van der Waals surface area contributed by atoms with Crippen molar-refractivity contribution in [1.29, 1.82) is 0 Å². The summed E-state index contributed by atoms with van der Waals surface area (Å²) in [5, 5.41) is 5.99. The third-order valence-corrected chi connectivity index (χ3v) is 4.85. The van der Waals surface area contributed by atoms with E-state index in [0.29, 0.717) is 24.4 Å². The zero-order valence-electron chi connectivity index (χ0n) is 12.6. The van der Waals surface area contributed by atoms with Gasteiger partial charge in [-0.25, -0.2) is 4.39 Å². The molecule has 5 nitrogen and oxygen atoms in total. The molecule has 1 fully saturated rings. The van der Waals surface area contributed by atoms with Gasteiger partial charge in [0.15, 0.2) is 0 Å². The average Bonchev–Trinajstić information content (AvgIpc) is 3.03. The first-order chi connectivity index (χ1) is 11.7. The monoisotopic (exact) mass is 394 g/mol. The lowest BCUT2D eigenvalue weighted by molar-refractivity contribution is -0.138. The number of anilines is 1. The molecule has 0 N–H and O–H groups in total. The molecule has 134 valence electrons. The molecule has 1 aromatic carbocycles. The molecular weight excluding hydrogens is 384 g/mol. The van der Waals surface area contributed by atoms with Crippen LogP contribution in [0.4, 0.5) is 22.7 Å².